The zero-order chi connectivity index (χ0) is 35.9. The first-order valence-electron chi connectivity index (χ1n) is 18.7. The number of nitrogens with zero attached hydrogens (tertiary/aromatic N) is 1. The Morgan fingerprint density at radius 2 is 0.815 bits per heavy atom. The third kappa shape index (κ3) is 5.01. The van der Waals surface area contributed by atoms with Gasteiger partial charge in [0.05, 0.1) is 16.8 Å². The molecule has 0 aromatic heterocycles. The topological polar surface area (TPSA) is 3.24 Å². The van der Waals surface area contributed by atoms with E-state index in [-0.39, 0.29) is 0 Å². The van der Waals surface area contributed by atoms with E-state index in [2.05, 4.69) is 229 Å². The fourth-order valence-electron chi connectivity index (χ4n) is 8.86. The third-order valence-electron chi connectivity index (χ3n) is 11.2. The first-order valence-corrected chi connectivity index (χ1v) is 18.7. The van der Waals surface area contributed by atoms with Gasteiger partial charge in [-0.1, -0.05) is 200 Å². The van der Waals surface area contributed by atoms with Gasteiger partial charge in [-0.05, 0) is 79.5 Å². The number of hydrogen-bond acceptors (Lipinski definition) is 1. The Labute approximate surface area is 317 Å². The SMILES string of the molecule is c1ccc(-c2ccc(N(c3ccccc3-c3cccc4ccccc34)c3cccc4c3-c3ccccc3C4(c3ccccc3)c3ccccc3)cc2)cc1. The molecule has 1 nitrogen and oxygen atoms in total. The van der Waals surface area contributed by atoms with Gasteiger partial charge < -0.3 is 4.90 Å². The third-order valence-corrected chi connectivity index (χ3v) is 11.2. The van der Waals surface area contributed by atoms with Crippen molar-refractivity contribution in [3.05, 3.63) is 247 Å². The maximum absolute atomic E-state index is 2.49. The average Bonchev–Trinajstić information content (AvgIpc) is 3.57. The molecule has 0 bridgehead atoms. The zero-order valence-electron chi connectivity index (χ0n) is 29.8. The average molecular weight is 688 g/mol. The predicted octanol–water partition coefficient (Wildman–Crippen LogP) is 14.0. The second kappa shape index (κ2) is 13.2. The van der Waals surface area contributed by atoms with Gasteiger partial charge >= 0.3 is 0 Å². The van der Waals surface area contributed by atoms with Crippen molar-refractivity contribution in [1.82, 2.24) is 0 Å². The summed E-state index contributed by atoms with van der Waals surface area (Å²) in [5.41, 5.74) is 15.3. The van der Waals surface area contributed by atoms with E-state index in [1.54, 1.807) is 0 Å². The van der Waals surface area contributed by atoms with Crippen LogP contribution in [0, 0.1) is 0 Å². The summed E-state index contributed by atoms with van der Waals surface area (Å²) in [5.74, 6) is 0. The number of para-hydroxylation sites is 1. The fraction of sp³-hybridized carbons (Fsp3) is 0.0189. The lowest BCUT2D eigenvalue weighted by Gasteiger charge is -2.34. The molecule has 0 saturated heterocycles. The summed E-state index contributed by atoms with van der Waals surface area (Å²) in [6.07, 6.45) is 0. The Bertz CT molecular complexity index is 2700. The quantitative estimate of drug-likeness (QED) is 0.161. The van der Waals surface area contributed by atoms with Crippen molar-refractivity contribution in [2.24, 2.45) is 0 Å². The first kappa shape index (κ1) is 31.7. The van der Waals surface area contributed by atoms with E-state index in [4.69, 9.17) is 0 Å². The van der Waals surface area contributed by atoms with Gasteiger partial charge in [-0.15, -0.1) is 0 Å². The first-order chi connectivity index (χ1) is 26.8. The molecule has 0 aliphatic heterocycles. The van der Waals surface area contributed by atoms with E-state index in [1.807, 2.05) is 0 Å². The van der Waals surface area contributed by atoms with Crippen LogP contribution in [0.5, 0.6) is 0 Å². The molecular formula is C53H37N. The summed E-state index contributed by atoms with van der Waals surface area (Å²) < 4.78 is 0. The van der Waals surface area contributed by atoms with Crippen molar-refractivity contribution in [3.63, 3.8) is 0 Å². The van der Waals surface area contributed by atoms with Crippen molar-refractivity contribution < 1.29 is 0 Å². The molecule has 0 atom stereocenters. The van der Waals surface area contributed by atoms with Crippen LogP contribution in [0.25, 0.3) is 44.2 Å². The number of benzene rings is 9. The van der Waals surface area contributed by atoms with Gasteiger partial charge in [0.15, 0.2) is 0 Å². The van der Waals surface area contributed by atoms with Crippen LogP contribution in [0.15, 0.2) is 224 Å². The van der Waals surface area contributed by atoms with E-state index in [0.29, 0.717) is 0 Å². The minimum absolute atomic E-state index is 0.498. The smallest absolute Gasteiger partial charge is 0.0714 e. The van der Waals surface area contributed by atoms with E-state index in [0.717, 1.165) is 17.1 Å². The summed E-state index contributed by atoms with van der Waals surface area (Å²) in [7, 11) is 0. The number of rotatable bonds is 7. The Morgan fingerprint density at radius 1 is 0.315 bits per heavy atom. The zero-order valence-corrected chi connectivity index (χ0v) is 29.8. The van der Waals surface area contributed by atoms with Crippen molar-refractivity contribution >= 4 is 27.8 Å². The van der Waals surface area contributed by atoms with Gasteiger partial charge in [-0.3, -0.25) is 0 Å². The lowest BCUT2D eigenvalue weighted by Crippen LogP contribution is -2.28. The summed E-state index contributed by atoms with van der Waals surface area (Å²) in [6, 6.07) is 82.0. The summed E-state index contributed by atoms with van der Waals surface area (Å²) in [4.78, 5) is 2.49. The van der Waals surface area contributed by atoms with Crippen molar-refractivity contribution in [2.45, 2.75) is 5.41 Å². The maximum Gasteiger partial charge on any atom is 0.0714 e. The largest absolute Gasteiger partial charge is 0.309 e. The van der Waals surface area contributed by atoms with Gasteiger partial charge in [-0.2, -0.15) is 0 Å². The molecule has 0 spiro atoms. The van der Waals surface area contributed by atoms with Gasteiger partial charge in [-0.25, -0.2) is 0 Å². The molecule has 1 aliphatic carbocycles. The summed E-state index contributed by atoms with van der Waals surface area (Å²) in [6.45, 7) is 0. The van der Waals surface area contributed by atoms with Gasteiger partial charge in [0.2, 0.25) is 0 Å². The highest BCUT2D eigenvalue weighted by Crippen LogP contribution is 2.59. The molecule has 0 radical (unpaired) electrons. The molecule has 1 heteroatoms. The molecule has 0 saturated carbocycles. The van der Waals surface area contributed by atoms with Crippen molar-refractivity contribution in [1.29, 1.82) is 0 Å². The molecule has 9 aromatic carbocycles. The Balaban J connectivity index is 1.28. The molecule has 254 valence electrons. The standard InChI is InChI=1S/C53H37N/c1-4-18-38(19-5-1)39-34-36-43(37-35-39)54(50-32-15-13-27-46(50)45-29-16-21-40-20-10-11-26-44(40)45)51-33-17-31-49-52(51)47-28-12-14-30-48(47)53(49,41-22-6-2-7-23-41)42-24-8-3-9-25-42/h1-37H. The van der Waals surface area contributed by atoms with Crippen LogP contribution in [-0.2, 0) is 5.41 Å². The molecule has 0 N–H and O–H groups in total. The molecule has 0 fully saturated rings. The monoisotopic (exact) mass is 687 g/mol. The number of hydrogen-bond donors (Lipinski definition) is 0. The molecule has 0 unspecified atom stereocenters. The van der Waals surface area contributed by atoms with Gasteiger partial charge in [0.1, 0.15) is 0 Å². The van der Waals surface area contributed by atoms with Crippen molar-refractivity contribution in [2.75, 3.05) is 4.90 Å². The van der Waals surface area contributed by atoms with Crippen molar-refractivity contribution in [3.8, 4) is 33.4 Å². The molecular weight excluding hydrogens is 651 g/mol. The predicted molar refractivity (Wildman–Crippen MR) is 227 cm³/mol. The second-order valence-electron chi connectivity index (χ2n) is 14.0. The second-order valence-corrected chi connectivity index (χ2v) is 14.0. The summed E-state index contributed by atoms with van der Waals surface area (Å²) in [5, 5.41) is 2.47. The fourth-order valence-corrected chi connectivity index (χ4v) is 8.86. The van der Waals surface area contributed by atoms with E-state index in [1.165, 1.54) is 66.4 Å². The van der Waals surface area contributed by atoms with E-state index < -0.39 is 5.41 Å². The van der Waals surface area contributed by atoms with E-state index >= 15 is 0 Å². The Morgan fingerprint density at radius 3 is 1.56 bits per heavy atom. The van der Waals surface area contributed by atoms with Crippen LogP contribution in [0.1, 0.15) is 22.3 Å². The Hall–Kier alpha value is -6.96. The lowest BCUT2D eigenvalue weighted by atomic mass is 9.68. The van der Waals surface area contributed by atoms with Crippen LogP contribution in [0.3, 0.4) is 0 Å². The van der Waals surface area contributed by atoms with Gasteiger partial charge in [0.25, 0.3) is 0 Å². The molecule has 0 amide bonds. The summed E-state index contributed by atoms with van der Waals surface area (Å²) >= 11 is 0. The van der Waals surface area contributed by atoms with Crippen LogP contribution in [0.4, 0.5) is 17.1 Å². The van der Waals surface area contributed by atoms with Crippen LogP contribution in [0.2, 0.25) is 0 Å². The number of fused-ring (bicyclic) bond motifs is 4. The molecule has 9 aromatic rings. The number of anilines is 3. The lowest BCUT2D eigenvalue weighted by molar-refractivity contribution is 0.768. The minimum Gasteiger partial charge on any atom is -0.309 e. The minimum atomic E-state index is -0.498. The van der Waals surface area contributed by atoms with E-state index in [9.17, 15) is 0 Å². The van der Waals surface area contributed by atoms with Crippen LogP contribution in [-0.4, -0.2) is 0 Å². The van der Waals surface area contributed by atoms with Gasteiger partial charge in [0, 0.05) is 16.8 Å². The molecule has 54 heavy (non-hydrogen) atoms. The van der Waals surface area contributed by atoms with Crippen LogP contribution >= 0.6 is 0 Å². The highest BCUT2D eigenvalue weighted by Gasteiger charge is 2.47. The Kier molecular flexibility index (Phi) is 7.78. The normalized spacial score (nSPS) is 12.6. The maximum atomic E-state index is 2.49. The van der Waals surface area contributed by atoms with Crippen LogP contribution < -0.4 is 4.90 Å². The molecule has 10 rings (SSSR count). The highest BCUT2D eigenvalue weighted by molar-refractivity contribution is 6.04. The highest BCUT2D eigenvalue weighted by atomic mass is 15.1. The molecule has 1 aliphatic rings. The molecule has 0 heterocycles.